The first-order valence-electron chi connectivity index (χ1n) is 7.03. The lowest BCUT2D eigenvalue weighted by atomic mass is 10.1. The van der Waals surface area contributed by atoms with Gasteiger partial charge in [0.25, 0.3) is 0 Å². The number of benzene rings is 1. The van der Waals surface area contributed by atoms with Crippen molar-refractivity contribution >= 4 is 15.9 Å². The van der Waals surface area contributed by atoms with Gasteiger partial charge in [-0.05, 0) is 80.2 Å². The molecular formula is C16H26BrNO2. The average Bonchev–Trinajstić information content (AvgIpc) is 2.38. The third-order valence-corrected chi connectivity index (χ3v) is 3.70. The normalized spacial score (nSPS) is 11.5. The highest BCUT2D eigenvalue weighted by molar-refractivity contribution is 9.10. The zero-order valence-electron chi connectivity index (χ0n) is 13.2. The number of methoxy groups -OCH3 is 2. The molecule has 0 radical (unpaired) electrons. The van der Waals surface area contributed by atoms with E-state index in [0.29, 0.717) is 0 Å². The number of hydrogen-bond donors (Lipinski definition) is 1. The van der Waals surface area contributed by atoms with Gasteiger partial charge in [0.05, 0.1) is 18.7 Å². The molecule has 0 aliphatic carbocycles. The number of ether oxygens (including phenoxy) is 2. The van der Waals surface area contributed by atoms with Gasteiger partial charge >= 0.3 is 0 Å². The summed E-state index contributed by atoms with van der Waals surface area (Å²) in [6.07, 6.45) is 3.28. The van der Waals surface area contributed by atoms with Crippen molar-refractivity contribution in [3.8, 4) is 11.5 Å². The summed E-state index contributed by atoms with van der Waals surface area (Å²) in [4.78, 5) is 0. The minimum atomic E-state index is 0.193. The zero-order chi connectivity index (χ0) is 15.2. The predicted molar refractivity (Wildman–Crippen MR) is 87.9 cm³/mol. The number of halogens is 1. The van der Waals surface area contributed by atoms with Crippen molar-refractivity contribution in [1.82, 2.24) is 5.32 Å². The lowest BCUT2D eigenvalue weighted by Crippen LogP contribution is -2.36. The summed E-state index contributed by atoms with van der Waals surface area (Å²) < 4.78 is 11.7. The quantitative estimate of drug-likeness (QED) is 0.753. The van der Waals surface area contributed by atoms with E-state index in [2.05, 4.69) is 48.1 Å². The highest BCUT2D eigenvalue weighted by Crippen LogP contribution is 2.33. The molecular weight excluding hydrogens is 318 g/mol. The number of nitrogens with one attached hydrogen (secondary N) is 1. The van der Waals surface area contributed by atoms with Crippen LogP contribution in [0.15, 0.2) is 16.6 Å². The van der Waals surface area contributed by atoms with Gasteiger partial charge in [-0.25, -0.2) is 0 Å². The summed E-state index contributed by atoms with van der Waals surface area (Å²) >= 11 is 3.48. The van der Waals surface area contributed by atoms with Gasteiger partial charge in [-0.1, -0.05) is 0 Å². The summed E-state index contributed by atoms with van der Waals surface area (Å²) in [6.45, 7) is 7.61. The molecule has 0 aliphatic heterocycles. The lowest BCUT2D eigenvalue weighted by molar-refractivity contribution is 0.394. The Kier molecular flexibility index (Phi) is 6.83. The third-order valence-electron chi connectivity index (χ3n) is 3.08. The Morgan fingerprint density at radius 1 is 1.05 bits per heavy atom. The SMILES string of the molecule is COc1cc(CCCCNC(C)(C)C)c(OC)cc1Br. The monoisotopic (exact) mass is 343 g/mol. The van der Waals surface area contributed by atoms with E-state index < -0.39 is 0 Å². The Morgan fingerprint density at radius 2 is 1.70 bits per heavy atom. The molecule has 1 N–H and O–H groups in total. The Bertz CT molecular complexity index is 427. The second kappa shape index (κ2) is 7.89. The van der Waals surface area contributed by atoms with Crippen LogP contribution in [-0.2, 0) is 6.42 Å². The summed E-state index contributed by atoms with van der Waals surface area (Å²) in [5.41, 5.74) is 1.39. The van der Waals surface area contributed by atoms with Crippen molar-refractivity contribution in [2.75, 3.05) is 20.8 Å². The smallest absolute Gasteiger partial charge is 0.133 e. The molecule has 0 aliphatic rings. The molecule has 0 atom stereocenters. The molecule has 0 saturated carbocycles. The largest absolute Gasteiger partial charge is 0.496 e. The van der Waals surface area contributed by atoms with E-state index in [1.165, 1.54) is 5.56 Å². The van der Waals surface area contributed by atoms with Crippen LogP contribution in [-0.4, -0.2) is 26.3 Å². The van der Waals surface area contributed by atoms with Crippen molar-refractivity contribution in [1.29, 1.82) is 0 Å². The van der Waals surface area contributed by atoms with Crippen molar-refractivity contribution < 1.29 is 9.47 Å². The van der Waals surface area contributed by atoms with E-state index >= 15 is 0 Å². The van der Waals surface area contributed by atoms with Crippen molar-refractivity contribution in [3.05, 3.63) is 22.2 Å². The maximum Gasteiger partial charge on any atom is 0.133 e. The highest BCUT2D eigenvalue weighted by Gasteiger charge is 2.10. The van der Waals surface area contributed by atoms with E-state index in [0.717, 1.165) is 41.8 Å². The van der Waals surface area contributed by atoms with E-state index in [4.69, 9.17) is 9.47 Å². The molecule has 114 valence electrons. The van der Waals surface area contributed by atoms with Crippen molar-refractivity contribution in [2.24, 2.45) is 0 Å². The molecule has 4 heteroatoms. The van der Waals surface area contributed by atoms with Gasteiger partial charge in [0.1, 0.15) is 11.5 Å². The van der Waals surface area contributed by atoms with E-state index in [9.17, 15) is 0 Å². The summed E-state index contributed by atoms with van der Waals surface area (Å²) in [6, 6.07) is 4.03. The Hall–Kier alpha value is -0.740. The van der Waals surface area contributed by atoms with Crippen LogP contribution in [0.3, 0.4) is 0 Å². The second-order valence-electron chi connectivity index (χ2n) is 5.93. The van der Waals surface area contributed by atoms with Crippen LogP contribution < -0.4 is 14.8 Å². The second-order valence-corrected chi connectivity index (χ2v) is 6.79. The number of unbranched alkanes of at least 4 members (excludes halogenated alkanes) is 1. The Balaban J connectivity index is 2.54. The van der Waals surface area contributed by atoms with Crippen LogP contribution in [0.25, 0.3) is 0 Å². The average molecular weight is 344 g/mol. The first kappa shape index (κ1) is 17.3. The van der Waals surface area contributed by atoms with Gasteiger partial charge in [0.2, 0.25) is 0 Å². The topological polar surface area (TPSA) is 30.5 Å². The molecule has 0 heterocycles. The molecule has 0 fully saturated rings. The van der Waals surface area contributed by atoms with Gasteiger partial charge in [-0.2, -0.15) is 0 Å². The van der Waals surface area contributed by atoms with Crippen LogP contribution in [0.1, 0.15) is 39.2 Å². The molecule has 0 spiro atoms. The molecule has 1 rings (SSSR count). The molecule has 1 aromatic carbocycles. The molecule has 20 heavy (non-hydrogen) atoms. The summed E-state index contributed by atoms with van der Waals surface area (Å²) in [7, 11) is 3.39. The minimum Gasteiger partial charge on any atom is -0.496 e. The minimum absolute atomic E-state index is 0.193. The Labute approximate surface area is 131 Å². The van der Waals surface area contributed by atoms with E-state index in [1.807, 2.05) is 6.07 Å². The molecule has 1 aromatic rings. The molecule has 0 unspecified atom stereocenters. The van der Waals surface area contributed by atoms with Crippen molar-refractivity contribution in [2.45, 2.75) is 45.6 Å². The first-order chi connectivity index (χ1) is 9.37. The van der Waals surface area contributed by atoms with Crippen LogP contribution in [0, 0.1) is 0 Å². The van der Waals surface area contributed by atoms with Gasteiger partial charge in [0.15, 0.2) is 0 Å². The van der Waals surface area contributed by atoms with Crippen LogP contribution in [0.4, 0.5) is 0 Å². The molecule has 0 aromatic heterocycles. The van der Waals surface area contributed by atoms with Crippen LogP contribution in [0.5, 0.6) is 11.5 Å². The van der Waals surface area contributed by atoms with Gasteiger partial charge in [0, 0.05) is 5.54 Å². The third kappa shape index (κ3) is 5.71. The van der Waals surface area contributed by atoms with E-state index in [-0.39, 0.29) is 5.54 Å². The first-order valence-corrected chi connectivity index (χ1v) is 7.82. The highest BCUT2D eigenvalue weighted by atomic mass is 79.9. The van der Waals surface area contributed by atoms with Gasteiger partial charge < -0.3 is 14.8 Å². The standard InChI is InChI=1S/C16H26BrNO2/c1-16(2,3)18-9-7-6-8-12-10-15(20-5)13(17)11-14(12)19-4/h10-11,18H,6-9H2,1-5H3. The summed E-state index contributed by atoms with van der Waals surface area (Å²) in [5.74, 6) is 1.77. The Morgan fingerprint density at radius 3 is 2.25 bits per heavy atom. The number of aryl methyl sites for hydroxylation is 1. The lowest BCUT2D eigenvalue weighted by Gasteiger charge is -2.20. The van der Waals surface area contributed by atoms with Crippen LogP contribution >= 0.6 is 15.9 Å². The fourth-order valence-electron chi connectivity index (χ4n) is 2.02. The molecule has 0 bridgehead atoms. The molecule has 3 nitrogen and oxygen atoms in total. The predicted octanol–water partition coefficient (Wildman–Crippen LogP) is 4.18. The van der Waals surface area contributed by atoms with Gasteiger partial charge in [-0.3, -0.25) is 0 Å². The fourth-order valence-corrected chi connectivity index (χ4v) is 2.51. The summed E-state index contributed by atoms with van der Waals surface area (Å²) in [5, 5.41) is 3.50. The maximum absolute atomic E-state index is 5.44. The van der Waals surface area contributed by atoms with Crippen molar-refractivity contribution in [3.63, 3.8) is 0 Å². The molecule has 0 amide bonds. The zero-order valence-corrected chi connectivity index (χ0v) is 14.8. The van der Waals surface area contributed by atoms with E-state index in [1.54, 1.807) is 14.2 Å². The van der Waals surface area contributed by atoms with Crippen LogP contribution in [0.2, 0.25) is 0 Å². The fraction of sp³-hybridized carbons (Fsp3) is 0.625. The van der Waals surface area contributed by atoms with Gasteiger partial charge in [-0.15, -0.1) is 0 Å². The molecule has 0 saturated heterocycles. The number of rotatable bonds is 7. The number of hydrogen-bond acceptors (Lipinski definition) is 3. The maximum atomic E-state index is 5.44.